The average molecular weight is 230 g/mol. The van der Waals surface area contributed by atoms with Gasteiger partial charge in [0.05, 0.1) is 5.69 Å². The zero-order chi connectivity index (χ0) is 12.3. The van der Waals surface area contributed by atoms with Gasteiger partial charge in [-0.05, 0) is 26.0 Å². The molecule has 1 N–H and O–H groups in total. The molecule has 0 amide bonds. The monoisotopic (exact) mass is 230 g/mol. The number of pyridine rings is 1. The van der Waals surface area contributed by atoms with Gasteiger partial charge in [-0.25, -0.2) is 4.98 Å². The number of hydrogen-bond acceptors (Lipinski definition) is 5. The zero-order valence-corrected chi connectivity index (χ0v) is 10.1. The third-order valence-corrected chi connectivity index (χ3v) is 2.23. The Balaban J connectivity index is 2.30. The molecule has 0 aliphatic heterocycles. The van der Waals surface area contributed by atoms with Gasteiger partial charge >= 0.3 is 0 Å². The first kappa shape index (κ1) is 11.3. The topological polar surface area (TPSA) is 59.9 Å². The van der Waals surface area contributed by atoms with Crippen LogP contribution >= 0.6 is 0 Å². The standard InChI is InChI=1S/C12H14N4O/c1-8-7-11(16-12(13-3)15-8)17-10-5-4-6-14-9(10)2/h4-7H,1-3H3,(H,13,15,16). The van der Waals surface area contributed by atoms with E-state index in [-0.39, 0.29) is 0 Å². The van der Waals surface area contributed by atoms with Crippen LogP contribution in [0.3, 0.4) is 0 Å². The van der Waals surface area contributed by atoms with E-state index in [2.05, 4.69) is 20.3 Å². The van der Waals surface area contributed by atoms with Crippen molar-refractivity contribution in [1.82, 2.24) is 15.0 Å². The van der Waals surface area contributed by atoms with Crippen molar-refractivity contribution in [1.29, 1.82) is 0 Å². The Labute approximate surface area is 99.9 Å². The second-order valence-electron chi connectivity index (χ2n) is 3.61. The number of aromatic nitrogens is 3. The quantitative estimate of drug-likeness (QED) is 0.876. The number of nitrogens with one attached hydrogen (secondary N) is 1. The molecule has 0 aliphatic carbocycles. The van der Waals surface area contributed by atoms with Gasteiger partial charge in [0, 0.05) is 25.0 Å². The lowest BCUT2D eigenvalue weighted by Crippen LogP contribution is -2.00. The van der Waals surface area contributed by atoms with Gasteiger partial charge < -0.3 is 10.1 Å². The summed E-state index contributed by atoms with van der Waals surface area (Å²) in [6, 6.07) is 5.47. The summed E-state index contributed by atoms with van der Waals surface area (Å²) in [7, 11) is 1.77. The molecule has 0 saturated carbocycles. The van der Waals surface area contributed by atoms with E-state index in [0.717, 1.165) is 11.4 Å². The van der Waals surface area contributed by atoms with E-state index in [1.54, 1.807) is 19.3 Å². The number of aryl methyl sites for hydroxylation is 2. The van der Waals surface area contributed by atoms with Crippen LogP contribution in [0, 0.1) is 13.8 Å². The van der Waals surface area contributed by atoms with Crippen molar-refractivity contribution in [3.63, 3.8) is 0 Å². The minimum atomic E-state index is 0.512. The van der Waals surface area contributed by atoms with Crippen molar-refractivity contribution in [3.8, 4) is 11.6 Å². The molecule has 0 aromatic carbocycles. The molecule has 5 nitrogen and oxygen atoms in total. The molecular formula is C12H14N4O. The lowest BCUT2D eigenvalue weighted by atomic mass is 10.3. The van der Waals surface area contributed by atoms with Crippen LogP contribution in [0.15, 0.2) is 24.4 Å². The molecule has 17 heavy (non-hydrogen) atoms. The number of anilines is 1. The van der Waals surface area contributed by atoms with Crippen molar-refractivity contribution in [2.24, 2.45) is 0 Å². The maximum absolute atomic E-state index is 5.68. The van der Waals surface area contributed by atoms with Gasteiger partial charge in [0.1, 0.15) is 0 Å². The van der Waals surface area contributed by atoms with Crippen LogP contribution in [0.25, 0.3) is 0 Å². The van der Waals surface area contributed by atoms with E-state index in [0.29, 0.717) is 17.6 Å². The summed E-state index contributed by atoms with van der Waals surface area (Å²) in [5.74, 6) is 1.76. The van der Waals surface area contributed by atoms with Gasteiger partial charge in [-0.3, -0.25) is 4.98 Å². The summed E-state index contributed by atoms with van der Waals surface area (Å²) in [6.45, 7) is 3.79. The lowest BCUT2D eigenvalue weighted by Gasteiger charge is -2.08. The molecule has 0 spiro atoms. The molecule has 0 saturated heterocycles. The van der Waals surface area contributed by atoms with Gasteiger partial charge in [0.25, 0.3) is 0 Å². The fourth-order valence-corrected chi connectivity index (χ4v) is 1.39. The van der Waals surface area contributed by atoms with Crippen LogP contribution in [-0.2, 0) is 0 Å². The second-order valence-corrected chi connectivity index (χ2v) is 3.61. The third-order valence-electron chi connectivity index (χ3n) is 2.23. The minimum Gasteiger partial charge on any atom is -0.437 e. The number of ether oxygens (including phenoxy) is 1. The highest BCUT2D eigenvalue weighted by molar-refractivity contribution is 5.34. The number of hydrogen-bond donors (Lipinski definition) is 1. The summed E-state index contributed by atoms with van der Waals surface area (Å²) in [5, 5.41) is 2.89. The van der Waals surface area contributed by atoms with E-state index < -0.39 is 0 Å². The highest BCUT2D eigenvalue weighted by Crippen LogP contribution is 2.22. The predicted molar refractivity (Wildman–Crippen MR) is 65.4 cm³/mol. The van der Waals surface area contributed by atoms with Crippen LogP contribution in [-0.4, -0.2) is 22.0 Å². The summed E-state index contributed by atoms with van der Waals surface area (Å²) in [4.78, 5) is 12.6. The predicted octanol–water partition coefficient (Wildman–Crippen LogP) is 2.32. The Kier molecular flexibility index (Phi) is 3.18. The van der Waals surface area contributed by atoms with E-state index in [1.165, 1.54) is 0 Å². The SMILES string of the molecule is CNc1nc(C)cc(Oc2cccnc2C)n1. The van der Waals surface area contributed by atoms with E-state index in [1.807, 2.05) is 26.0 Å². The van der Waals surface area contributed by atoms with Crippen molar-refractivity contribution in [3.05, 3.63) is 35.8 Å². The third kappa shape index (κ3) is 2.69. The Morgan fingerprint density at radius 1 is 1.24 bits per heavy atom. The Bertz CT molecular complexity index is 528. The molecule has 0 aliphatic rings. The maximum Gasteiger partial charge on any atom is 0.225 e. The maximum atomic E-state index is 5.68. The molecule has 88 valence electrons. The minimum absolute atomic E-state index is 0.512. The molecule has 0 fully saturated rings. The first-order valence-electron chi connectivity index (χ1n) is 5.32. The highest BCUT2D eigenvalue weighted by Gasteiger charge is 2.05. The molecule has 0 bridgehead atoms. The number of rotatable bonds is 3. The molecular weight excluding hydrogens is 216 g/mol. The fourth-order valence-electron chi connectivity index (χ4n) is 1.39. The molecule has 0 radical (unpaired) electrons. The highest BCUT2D eigenvalue weighted by atomic mass is 16.5. The van der Waals surface area contributed by atoms with Crippen molar-refractivity contribution >= 4 is 5.95 Å². The van der Waals surface area contributed by atoms with Gasteiger partial charge in [-0.1, -0.05) is 0 Å². The first-order chi connectivity index (χ1) is 8.19. The molecule has 2 aromatic heterocycles. The average Bonchev–Trinajstić information content (AvgIpc) is 2.31. The van der Waals surface area contributed by atoms with Gasteiger partial charge in [-0.15, -0.1) is 0 Å². The van der Waals surface area contributed by atoms with Crippen LogP contribution in [0.4, 0.5) is 5.95 Å². The largest absolute Gasteiger partial charge is 0.437 e. The van der Waals surface area contributed by atoms with Crippen molar-refractivity contribution < 1.29 is 4.74 Å². The second kappa shape index (κ2) is 4.78. The Hall–Kier alpha value is -2.17. The van der Waals surface area contributed by atoms with Crippen LogP contribution in [0.1, 0.15) is 11.4 Å². The van der Waals surface area contributed by atoms with Gasteiger partial charge in [-0.2, -0.15) is 4.98 Å². The van der Waals surface area contributed by atoms with E-state index in [4.69, 9.17) is 4.74 Å². The fraction of sp³-hybridized carbons (Fsp3) is 0.250. The smallest absolute Gasteiger partial charge is 0.225 e. The van der Waals surface area contributed by atoms with E-state index >= 15 is 0 Å². The molecule has 2 heterocycles. The molecule has 0 unspecified atom stereocenters. The van der Waals surface area contributed by atoms with Gasteiger partial charge in [0.15, 0.2) is 5.75 Å². The van der Waals surface area contributed by atoms with Crippen LogP contribution in [0.5, 0.6) is 11.6 Å². The van der Waals surface area contributed by atoms with Crippen LogP contribution < -0.4 is 10.1 Å². The molecule has 5 heteroatoms. The number of nitrogens with zero attached hydrogens (tertiary/aromatic N) is 3. The Morgan fingerprint density at radius 2 is 2.06 bits per heavy atom. The summed E-state index contributed by atoms with van der Waals surface area (Å²) in [6.07, 6.45) is 1.73. The van der Waals surface area contributed by atoms with E-state index in [9.17, 15) is 0 Å². The normalized spacial score (nSPS) is 10.1. The Morgan fingerprint density at radius 3 is 2.76 bits per heavy atom. The zero-order valence-electron chi connectivity index (χ0n) is 10.1. The first-order valence-corrected chi connectivity index (χ1v) is 5.32. The molecule has 2 rings (SSSR count). The summed E-state index contributed by atoms with van der Waals surface area (Å²) in [5.41, 5.74) is 1.68. The van der Waals surface area contributed by atoms with Crippen molar-refractivity contribution in [2.75, 3.05) is 12.4 Å². The summed E-state index contributed by atoms with van der Waals surface area (Å²) < 4.78 is 5.68. The molecule has 0 atom stereocenters. The van der Waals surface area contributed by atoms with Crippen molar-refractivity contribution in [2.45, 2.75) is 13.8 Å². The summed E-state index contributed by atoms with van der Waals surface area (Å²) >= 11 is 0. The van der Waals surface area contributed by atoms with Gasteiger partial charge in [0.2, 0.25) is 11.8 Å². The van der Waals surface area contributed by atoms with Crippen LogP contribution in [0.2, 0.25) is 0 Å². The lowest BCUT2D eigenvalue weighted by molar-refractivity contribution is 0.455. The molecule has 2 aromatic rings.